The number of ether oxygens (including phenoxy) is 1. The average Bonchev–Trinajstić information content (AvgIpc) is 2.70. The molecular weight excluding hydrogens is 352 g/mol. The van der Waals surface area contributed by atoms with Crippen molar-refractivity contribution in [3.05, 3.63) is 20.8 Å². The first kappa shape index (κ1) is 16.8. The highest BCUT2D eigenvalue weighted by Crippen LogP contribution is 2.29. The fourth-order valence-corrected chi connectivity index (χ4v) is 3.78. The lowest BCUT2D eigenvalue weighted by atomic mass is 9.86. The van der Waals surface area contributed by atoms with Crippen molar-refractivity contribution in [3.8, 4) is 0 Å². The number of carbonyl (C=O) groups excluding carboxylic acids is 1. The van der Waals surface area contributed by atoms with Crippen LogP contribution < -0.4 is 10.6 Å². The largest absolute Gasteiger partial charge is 0.444 e. The molecule has 1 fully saturated rings. The maximum atomic E-state index is 11.7. The highest BCUT2D eigenvalue weighted by molar-refractivity contribution is 9.11. The van der Waals surface area contributed by atoms with Crippen LogP contribution in [0.2, 0.25) is 0 Å². The van der Waals surface area contributed by atoms with Gasteiger partial charge in [0.1, 0.15) is 5.60 Å². The van der Waals surface area contributed by atoms with Gasteiger partial charge in [-0.05, 0) is 68.6 Å². The van der Waals surface area contributed by atoms with Crippen LogP contribution >= 0.6 is 27.3 Å². The minimum absolute atomic E-state index is 0.222. The second-order valence-corrected chi connectivity index (χ2v) is 9.04. The Morgan fingerprint density at radius 1 is 1.38 bits per heavy atom. The zero-order valence-corrected chi connectivity index (χ0v) is 15.3. The third-order valence-corrected chi connectivity index (χ3v) is 5.17. The number of carbonyl (C=O) groups is 1. The average molecular weight is 375 g/mol. The molecule has 0 bridgehead atoms. The summed E-state index contributed by atoms with van der Waals surface area (Å²) in [7, 11) is 0. The lowest BCUT2D eigenvalue weighted by Crippen LogP contribution is -2.53. The molecule has 4 nitrogen and oxygen atoms in total. The van der Waals surface area contributed by atoms with Crippen LogP contribution in [0.4, 0.5) is 4.79 Å². The summed E-state index contributed by atoms with van der Waals surface area (Å²) in [6.45, 7) is 7.79. The fourth-order valence-electron chi connectivity index (χ4n) is 2.34. The summed E-state index contributed by atoms with van der Waals surface area (Å²) in [5, 5.41) is 6.51. The van der Waals surface area contributed by atoms with Crippen molar-refractivity contribution < 1.29 is 9.53 Å². The third kappa shape index (κ3) is 5.27. The first-order valence-electron chi connectivity index (χ1n) is 7.24. The van der Waals surface area contributed by atoms with Crippen molar-refractivity contribution in [2.24, 2.45) is 0 Å². The maximum absolute atomic E-state index is 11.7. The van der Waals surface area contributed by atoms with Gasteiger partial charge >= 0.3 is 6.09 Å². The molecule has 1 amide bonds. The molecule has 1 saturated carbocycles. The first-order chi connectivity index (χ1) is 9.73. The van der Waals surface area contributed by atoms with Crippen molar-refractivity contribution in [2.45, 2.75) is 64.3 Å². The van der Waals surface area contributed by atoms with Crippen molar-refractivity contribution in [1.29, 1.82) is 0 Å². The highest BCUT2D eigenvalue weighted by atomic mass is 79.9. The molecule has 0 spiro atoms. The molecular formula is C15H23BrN2O2S. The van der Waals surface area contributed by atoms with Crippen molar-refractivity contribution in [2.75, 3.05) is 0 Å². The van der Waals surface area contributed by atoms with Crippen LogP contribution in [-0.4, -0.2) is 23.8 Å². The van der Waals surface area contributed by atoms with Gasteiger partial charge in [-0.1, -0.05) is 0 Å². The van der Waals surface area contributed by atoms with Crippen molar-refractivity contribution >= 4 is 33.4 Å². The number of thiophene rings is 1. The Kier molecular flexibility index (Phi) is 5.33. The zero-order chi connectivity index (χ0) is 15.6. The number of alkyl carbamates (subject to hydrolysis) is 1. The van der Waals surface area contributed by atoms with Crippen LogP contribution in [0.25, 0.3) is 0 Å². The quantitative estimate of drug-likeness (QED) is 0.829. The summed E-state index contributed by atoms with van der Waals surface area (Å²) in [5.74, 6) is 0. The van der Waals surface area contributed by atoms with Crippen LogP contribution in [0.5, 0.6) is 0 Å². The van der Waals surface area contributed by atoms with E-state index in [0.717, 1.165) is 16.6 Å². The van der Waals surface area contributed by atoms with E-state index in [4.69, 9.17) is 4.74 Å². The van der Waals surface area contributed by atoms with E-state index < -0.39 is 5.60 Å². The standard InChI is InChI=1S/C15H23BrN2O2S/c1-9(12-5-6-13(16)21-12)17-10-7-11(8-10)18-14(19)20-15(2,3)4/h5-6,9-11,17H,7-8H2,1-4H3,(H,18,19). The molecule has 0 aromatic carbocycles. The van der Waals surface area contributed by atoms with E-state index in [9.17, 15) is 4.79 Å². The molecule has 1 atom stereocenters. The van der Waals surface area contributed by atoms with Crippen molar-refractivity contribution in [3.63, 3.8) is 0 Å². The van der Waals surface area contributed by atoms with Gasteiger partial charge in [-0.3, -0.25) is 0 Å². The molecule has 1 aromatic heterocycles. The van der Waals surface area contributed by atoms with Gasteiger partial charge in [0.25, 0.3) is 0 Å². The van der Waals surface area contributed by atoms with Crippen LogP contribution in [-0.2, 0) is 4.74 Å². The Bertz CT molecular complexity index is 492. The molecule has 1 unspecified atom stereocenters. The number of hydrogen-bond donors (Lipinski definition) is 2. The van der Waals surface area contributed by atoms with E-state index in [1.54, 1.807) is 11.3 Å². The molecule has 0 saturated heterocycles. The lowest BCUT2D eigenvalue weighted by Gasteiger charge is -2.38. The smallest absolute Gasteiger partial charge is 0.407 e. The lowest BCUT2D eigenvalue weighted by molar-refractivity contribution is 0.0463. The van der Waals surface area contributed by atoms with Gasteiger partial charge in [0, 0.05) is 23.0 Å². The van der Waals surface area contributed by atoms with Crippen LogP contribution in [0.3, 0.4) is 0 Å². The van der Waals surface area contributed by atoms with Gasteiger partial charge in [-0.25, -0.2) is 4.79 Å². The molecule has 2 rings (SSSR count). The van der Waals surface area contributed by atoms with E-state index in [1.807, 2.05) is 20.8 Å². The minimum atomic E-state index is -0.438. The Morgan fingerprint density at radius 2 is 2.05 bits per heavy atom. The number of amides is 1. The Labute approximate surface area is 138 Å². The van der Waals surface area contributed by atoms with Crippen LogP contribution in [0.15, 0.2) is 15.9 Å². The van der Waals surface area contributed by atoms with Crippen molar-refractivity contribution in [1.82, 2.24) is 10.6 Å². The summed E-state index contributed by atoms with van der Waals surface area (Å²) in [4.78, 5) is 13.0. The Hall–Kier alpha value is -0.590. The number of rotatable bonds is 4. The summed E-state index contributed by atoms with van der Waals surface area (Å²) >= 11 is 5.24. The normalized spacial score (nSPS) is 23.3. The van der Waals surface area contributed by atoms with Gasteiger partial charge in [0.05, 0.1) is 3.79 Å². The number of hydrogen-bond acceptors (Lipinski definition) is 4. The third-order valence-electron chi connectivity index (χ3n) is 3.37. The fraction of sp³-hybridized carbons (Fsp3) is 0.667. The van der Waals surface area contributed by atoms with E-state index in [1.165, 1.54) is 4.88 Å². The maximum Gasteiger partial charge on any atom is 0.407 e. The molecule has 1 heterocycles. The molecule has 0 radical (unpaired) electrons. The molecule has 1 aliphatic carbocycles. The van der Waals surface area contributed by atoms with E-state index in [2.05, 4.69) is 45.6 Å². The second kappa shape index (κ2) is 6.67. The van der Waals surface area contributed by atoms with Gasteiger partial charge in [-0.2, -0.15) is 0 Å². The van der Waals surface area contributed by atoms with Gasteiger partial charge in [0.2, 0.25) is 0 Å². The summed E-state index contributed by atoms with van der Waals surface area (Å²) in [6, 6.07) is 5.24. The van der Waals surface area contributed by atoms with Gasteiger partial charge in [0.15, 0.2) is 0 Å². The number of nitrogens with one attached hydrogen (secondary N) is 2. The SMILES string of the molecule is CC(NC1CC(NC(=O)OC(C)(C)C)C1)c1ccc(Br)s1. The highest BCUT2D eigenvalue weighted by Gasteiger charge is 2.32. The van der Waals surface area contributed by atoms with E-state index in [-0.39, 0.29) is 12.1 Å². The summed E-state index contributed by atoms with van der Waals surface area (Å²) < 4.78 is 6.42. The molecule has 118 valence electrons. The number of halogens is 1. The van der Waals surface area contributed by atoms with Gasteiger partial charge < -0.3 is 15.4 Å². The molecule has 0 aliphatic heterocycles. The van der Waals surface area contributed by atoms with Crippen LogP contribution in [0.1, 0.15) is 51.5 Å². The molecule has 6 heteroatoms. The Morgan fingerprint density at radius 3 is 2.57 bits per heavy atom. The second-order valence-electron chi connectivity index (χ2n) is 6.54. The first-order valence-corrected chi connectivity index (χ1v) is 8.84. The Balaban J connectivity index is 1.68. The molecule has 1 aromatic rings. The van der Waals surface area contributed by atoms with Gasteiger partial charge in [-0.15, -0.1) is 11.3 Å². The summed E-state index contributed by atoms with van der Waals surface area (Å²) in [5.41, 5.74) is -0.438. The molecule has 21 heavy (non-hydrogen) atoms. The van der Waals surface area contributed by atoms with E-state index >= 15 is 0 Å². The summed E-state index contributed by atoms with van der Waals surface area (Å²) in [6.07, 6.45) is 1.59. The minimum Gasteiger partial charge on any atom is -0.444 e. The monoisotopic (exact) mass is 374 g/mol. The van der Waals surface area contributed by atoms with E-state index in [0.29, 0.717) is 12.1 Å². The van der Waals surface area contributed by atoms with Crippen LogP contribution in [0, 0.1) is 0 Å². The zero-order valence-electron chi connectivity index (χ0n) is 12.9. The molecule has 2 N–H and O–H groups in total. The molecule has 1 aliphatic rings. The predicted octanol–water partition coefficient (Wildman–Crippen LogP) is 4.22. The predicted molar refractivity (Wildman–Crippen MR) is 89.7 cm³/mol. The topological polar surface area (TPSA) is 50.4 Å².